The van der Waals surface area contributed by atoms with Gasteiger partial charge in [0.15, 0.2) is 0 Å². The summed E-state index contributed by atoms with van der Waals surface area (Å²) < 4.78 is 5.66. The highest BCUT2D eigenvalue weighted by molar-refractivity contribution is 5.32. The number of ether oxygens (including phenoxy) is 1. The highest BCUT2D eigenvalue weighted by Crippen LogP contribution is 2.26. The van der Waals surface area contributed by atoms with E-state index in [1.807, 2.05) is 45.0 Å². The largest absolute Gasteiger partial charge is 0.491 e. The van der Waals surface area contributed by atoms with Gasteiger partial charge in [-0.15, -0.1) is 0 Å². The highest BCUT2D eigenvalue weighted by Gasteiger charge is 2.28. The number of hydrogen-bond donors (Lipinski definition) is 2. The van der Waals surface area contributed by atoms with Gasteiger partial charge in [0.1, 0.15) is 5.75 Å². The minimum absolute atomic E-state index is 0.148. The van der Waals surface area contributed by atoms with E-state index in [2.05, 4.69) is 5.32 Å². The molecule has 1 aliphatic carbocycles. The second-order valence-corrected chi connectivity index (χ2v) is 5.62. The van der Waals surface area contributed by atoms with Gasteiger partial charge in [-0.3, -0.25) is 0 Å². The lowest BCUT2D eigenvalue weighted by atomic mass is 9.96. The molecule has 0 radical (unpaired) electrons. The zero-order chi connectivity index (χ0) is 13.2. The lowest BCUT2D eigenvalue weighted by Gasteiger charge is -2.25. The molecule has 1 atom stereocenters. The van der Waals surface area contributed by atoms with Crippen LogP contribution in [-0.2, 0) is 5.60 Å². The van der Waals surface area contributed by atoms with Gasteiger partial charge in [0.05, 0.1) is 11.7 Å². The average Bonchev–Trinajstić information content (AvgIpc) is 3.10. The van der Waals surface area contributed by atoms with E-state index in [0.29, 0.717) is 12.6 Å². The summed E-state index contributed by atoms with van der Waals surface area (Å²) in [7, 11) is 0. The summed E-state index contributed by atoms with van der Waals surface area (Å²) in [5, 5.41) is 13.9. The molecule has 0 aromatic heterocycles. The van der Waals surface area contributed by atoms with Crippen LogP contribution in [0.5, 0.6) is 5.75 Å². The first-order chi connectivity index (χ1) is 8.47. The predicted molar refractivity (Wildman–Crippen MR) is 72.8 cm³/mol. The van der Waals surface area contributed by atoms with Crippen LogP contribution in [0.25, 0.3) is 0 Å². The normalized spacial score (nSPS) is 18.7. The first-order valence-electron chi connectivity index (χ1n) is 6.70. The van der Waals surface area contributed by atoms with Gasteiger partial charge in [-0.05, 0) is 51.3 Å². The Labute approximate surface area is 109 Å². The van der Waals surface area contributed by atoms with Crippen molar-refractivity contribution in [3.05, 3.63) is 29.8 Å². The molecule has 1 unspecified atom stereocenters. The molecule has 0 saturated heterocycles. The van der Waals surface area contributed by atoms with Crippen molar-refractivity contribution in [2.24, 2.45) is 0 Å². The fourth-order valence-electron chi connectivity index (χ4n) is 1.91. The molecule has 0 amide bonds. The molecule has 2 N–H and O–H groups in total. The Morgan fingerprint density at radius 2 is 2.17 bits per heavy atom. The summed E-state index contributed by atoms with van der Waals surface area (Å²) in [4.78, 5) is 0. The third-order valence-electron chi connectivity index (χ3n) is 3.14. The number of nitrogens with one attached hydrogen (secondary N) is 1. The second kappa shape index (κ2) is 5.29. The standard InChI is InChI=1S/C15H23NO2/c1-11(2)18-14-6-4-5-12(9-14)15(3,17)10-16-13-7-8-13/h4-6,9,11,13,16-17H,7-8,10H2,1-3H3. The Kier molecular flexibility index (Phi) is 3.93. The van der Waals surface area contributed by atoms with Gasteiger partial charge in [-0.2, -0.15) is 0 Å². The molecule has 2 rings (SSSR count). The van der Waals surface area contributed by atoms with Gasteiger partial charge in [-0.25, -0.2) is 0 Å². The maximum absolute atomic E-state index is 10.5. The van der Waals surface area contributed by atoms with Crippen molar-refractivity contribution in [3.8, 4) is 5.75 Å². The maximum Gasteiger partial charge on any atom is 0.120 e. The van der Waals surface area contributed by atoms with Crippen LogP contribution in [-0.4, -0.2) is 23.8 Å². The molecular formula is C15H23NO2. The average molecular weight is 249 g/mol. The fraction of sp³-hybridized carbons (Fsp3) is 0.600. The van der Waals surface area contributed by atoms with Crippen molar-refractivity contribution >= 4 is 0 Å². The molecule has 100 valence electrons. The lowest BCUT2D eigenvalue weighted by molar-refractivity contribution is 0.0562. The third-order valence-corrected chi connectivity index (χ3v) is 3.14. The van der Waals surface area contributed by atoms with Crippen LogP contribution < -0.4 is 10.1 Å². The molecule has 3 heteroatoms. The van der Waals surface area contributed by atoms with E-state index in [9.17, 15) is 5.11 Å². The molecule has 1 fully saturated rings. The third kappa shape index (κ3) is 3.72. The molecule has 0 aliphatic heterocycles. The van der Waals surface area contributed by atoms with E-state index in [4.69, 9.17) is 4.74 Å². The Morgan fingerprint density at radius 3 is 2.78 bits per heavy atom. The fourth-order valence-corrected chi connectivity index (χ4v) is 1.91. The molecule has 1 aliphatic rings. The van der Waals surface area contributed by atoms with Gasteiger partial charge < -0.3 is 15.2 Å². The maximum atomic E-state index is 10.5. The van der Waals surface area contributed by atoms with E-state index < -0.39 is 5.60 Å². The molecular weight excluding hydrogens is 226 g/mol. The molecule has 1 aromatic carbocycles. The van der Waals surface area contributed by atoms with Crippen LogP contribution in [0.2, 0.25) is 0 Å². The Morgan fingerprint density at radius 1 is 1.44 bits per heavy atom. The van der Waals surface area contributed by atoms with Gasteiger partial charge >= 0.3 is 0 Å². The quantitative estimate of drug-likeness (QED) is 0.813. The minimum Gasteiger partial charge on any atom is -0.491 e. The van der Waals surface area contributed by atoms with Crippen molar-refractivity contribution in [1.82, 2.24) is 5.32 Å². The molecule has 0 bridgehead atoms. The number of aliphatic hydroxyl groups is 1. The Hall–Kier alpha value is -1.06. The van der Waals surface area contributed by atoms with Crippen molar-refractivity contribution in [1.29, 1.82) is 0 Å². The summed E-state index contributed by atoms with van der Waals surface area (Å²) in [6.07, 6.45) is 2.61. The highest BCUT2D eigenvalue weighted by atomic mass is 16.5. The van der Waals surface area contributed by atoms with Crippen molar-refractivity contribution in [3.63, 3.8) is 0 Å². The molecule has 1 saturated carbocycles. The Balaban J connectivity index is 2.04. The van der Waals surface area contributed by atoms with Gasteiger partial charge in [0.2, 0.25) is 0 Å². The summed E-state index contributed by atoms with van der Waals surface area (Å²) in [5.41, 5.74) is 0.0488. The van der Waals surface area contributed by atoms with Crippen LogP contribution in [0.4, 0.5) is 0 Å². The number of benzene rings is 1. The molecule has 3 nitrogen and oxygen atoms in total. The minimum atomic E-state index is -0.848. The van der Waals surface area contributed by atoms with E-state index in [-0.39, 0.29) is 6.10 Å². The van der Waals surface area contributed by atoms with E-state index in [1.165, 1.54) is 12.8 Å². The zero-order valence-corrected chi connectivity index (χ0v) is 11.4. The van der Waals surface area contributed by atoms with Crippen molar-refractivity contribution in [2.45, 2.75) is 51.4 Å². The van der Waals surface area contributed by atoms with Crippen molar-refractivity contribution in [2.75, 3.05) is 6.54 Å². The zero-order valence-electron chi connectivity index (χ0n) is 11.4. The van der Waals surface area contributed by atoms with E-state index >= 15 is 0 Å². The van der Waals surface area contributed by atoms with Gasteiger partial charge in [0, 0.05) is 12.6 Å². The summed E-state index contributed by atoms with van der Waals surface area (Å²) >= 11 is 0. The first kappa shape index (κ1) is 13.4. The van der Waals surface area contributed by atoms with Crippen LogP contribution in [0, 0.1) is 0 Å². The lowest BCUT2D eigenvalue weighted by Crippen LogP contribution is -2.36. The number of rotatable bonds is 6. The topological polar surface area (TPSA) is 41.5 Å². The van der Waals surface area contributed by atoms with Crippen LogP contribution in [0.1, 0.15) is 39.2 Å². The van der Waals surface area contributed by atoms with E-state index in [1.54, 1.807) is 0 Å². The summed E-state index contributed by atoms with van der Waals surface area (Å²) in [6, 6.07) is 8.33. The second-order valence-electron chi connectivity index (χ2n) is 5.62. The van der Waals surface area contributed by atoms with E-state index in [0.717, 1.165) is 11.3 Å². The predicted octanol–water partition coefficient (Wildman–Crippen LogP) is 2.43. The molecule has 0 spiro atoms. The van der Waals surface area contributed by atoms with Crippen LogP contribution in [0.15, 0.2) is 24.3 Å². The van der Waals surface area contributed by atoms with Crippen LogP contribution in [0.3, 0.4) is 0 Å². The summed E-state index contributed by atoms with van der Waals surface area (Å²) in [5.74, 6) is 0.814. The smallest absolute Gasteiger partial charge is 0.120 e. The first-order valence-corrected chi connectivity index (χ1v) is 6.70. The summed E-state index contributed by atoms with van der Waals surface area (Å²) in [6.45, 7) is 6.43. The van der Waals surface area contributed by atoms with Gasteiger partial charge in [-0.1, -0.05) is 12.1 Å². The Bertz CT molecular complexity index is 397. The molecule has 1 aromatic rings. The molecule has 18 heavy (non-hydrogen) atoms. The monoisotopic (exact) mass is 249 g/mol. The van der Waals surface area contributed by atoms with Gasteiger partial charge in [0.25, 0.3) is 0 Å². The molecule has 0 heterocycles. The van der Waals surface area contributed by atoms with Crippen molar-refractivity contribution < 1.29 is 9.84 Å². The van der Waals surface area contributed by atoms with Crippen LogP contribution >= 0.6 is 0 Å². The number of hydrogen-bond acceptors (Lipinski definition) is 3. The SMILES string of the molecule is CC(C)Oc1cccc(C(C)(O)CNC2CC2)c1.